The zero-order valence-electron chi connectivity index (χ0n) is 73.0. The first-order valence-electron chi connectivity index (χ1n) is 40.8. The number of nitrogen functional groups attached to an aromatic ring is 1. The number of imidazole rings is 2. The summed E-state index contributed by atoms with van der Waals surface area (Å²) in [6.07, 6.45) is 10.6. The number of H-pyrrole nitrogens is 3. The summed E-state index contributed by atoms with van der Waals surface area (Å²) < 4.78 is 99.8. The predicted molar refractivity (Wildman–Crippen MR) is 513 cm³/mol. The molecule has 0 radical (unpaired) electrons. The lowest BCUT2D eigenvalue weighted by molar-refractivity contribution is 0.0587. The van der Waals surface area contributed by atoms with E-state index in [0.29, 0.717) is 161 Å². The SMILES string of the molecule is C.C.C.CCOc1nc(-c2ccc(F)cc2)nc2cc(C(=O)NCCCc3ncc[nH]3)ccc12.CCOc1nc(-c2ccc(F)cc2)nc2cc(C(=O)O)ccc12.CCOc1nc(-c2ccc(F)cc2)nc2cc(C(=O)OC)ccc12.COC(=O)c1ccc(C(=O)OC)c(N)c1.COC(=O)c1ccc2c(=O)[nH]c(-c3ccc(F)cc3)nc2c1.Cl.N#Cc1ccc(F)cc1.NCCCc1ncc[nH]1. The summed E-state index contributed by atoms with van der Waals surface area (Å²) in [7, 11) is 5.13. The number of nitriles is 1. The van der Waals surface area contributed by atoms with Gasteiger partial charge >= 0.3 is 29.8 Å². The lowest BCUT2D eigenvalue weighted by atomic mass is 10.1. The number of carboxylic acid groups (broad SMARTS) is 1. The Bertz CT molecular complexity index is 6810. The molecule has 6 aromatic heterocycles. The van der Waals surface area contributed by atoms with Crippen molar-refractivity contribution < 1.29 is 89.0 Å². The minimum Gasteiger partial charge on any atom is -0.478 e. The number of anilines is 1. The molecule has 0 bridgehead atoms. The maximum Gasteiger partial charge on any atom is 0.339 e. The van der Waals surface area contributed by atoms with Crippen molar-refractivity contribution in [1.29, 1.82) is 5.26 Å². The molecule has 16 aromatic rings. The molecule has 0 fully saturated rings. The van der Waals surface area contributed by atoms with E-state index in [9.17, 15) is 55.5 Å². The number of aromatic nitrogens is 12. The van der Waals surface area contributed by atoms with Gasteiger partial charge in [-0.05, 0) is 252 Å². The topological polar surface area (TPSA) is 456 Å². The van der Waals surface area contributed by atoms with Crippen LogP contribution in [0, 0.1) is 40.4 Å². The number of aryl methyl sites for hydroxylation is 2. The Hall–Kier alpha value is -16.8. The van der Waals surface area contributed by atoms with E-state index in [2.05, 4.69) is 79.3 Å². The Balaban J connectivity index is 0.000000252. The number of hydrogen-bond acceptors (Lipinski definition) is 26. The molecule has 0 saturated heterocycles. The molecule has 10 aromatic carbocycles. The number of carbonyl (C=O) groups excluding carboxylic acids is 5. The fourth-order valence-electron chi connectivity index (χ4n) is 12.2. The van der Waals surface area contributed by atoms with Gasteiger partial charge in [-0.3, -0.25) is 9.59 Å². The van der Waals surface area contributed by atoms with E-state index < -0.39 is 29.8 Å². The third kappa shape index (κ3) is 30.9. The molecule has 0 spiro atoms. The number of rotatable bonds is 23. The maximum atomic E-state index is 13.3. The predicted octanol–water partition coefficient (Wildman–Crippen LogP) is 18.8. The average molecular weight is 1900 g/mol. The Morgan fingerprint density at radius 3 is 1.14 bits per heavy atom. The molecule has 0 atom stereocenters. The number of ether oxygens (including phenoxy) is 7. The number of methoxy groups -OCH3 is 4. The van der Waals surface area contributed by atoms with Crippen LogP contribution < -0.4 is 36.6 Å². The van der Waals surface area contributed by atoms with Crippen LogP contribution in [0.25, 0.3) is 89.2 Å². The first kappa shape index (κ1) is 109. The number of hydrogen-bond donors (Lipinski definition) is 7. The summed E-state index contributed by atoms with van der Waals surface area (Å²) in [4.78, 5) is 129. The summed E-state index contributed by atoms with van der Waals surface area (Å²) >= 11 is 0. The summed E-state index contributed by atoms with van der Waals surface area (Å²) in [6.45, 7) is 8.12. The first-order valence-corrected chi connectivity index (χ1v) is 40.8. The lowest BCUT2D eigenvalue weighted by Crippen LogP contribution is -2.24. The van der Waals surface area contributed by atoms with Crippen molar-refractivity contribution in [2.24, 2.45) is 5.73 Å². The van der Waals surface area contributed by atoms with Crippen LogP contribution in [0.4, 0.5) is 27.6 Å². The Kier molecular flexibility index (Phi) is 43.1. The average Bonchev–Trinajstić information content (AvgIpc) is 1.77. The second-order valence-electron chi connectivity index (χ2n) is 27.7. The molecule has 0 saturated carbocycles. The van der Waals surface area contributed by atoms with Crippen molar-refractivity contribution >= 4 is 97.5 Å². The fraction of sp³-hybridized carbons (Fsp3) is 0.190. The van der Waals surface area contributed by atoms with E-state index in [-0.39, 0.29) is 92.1 Å². The van der Waals surface area contributed by atoms with Crippen LogP contribution in [0.5, 0.6) is 17.6 Å². The van der Waals surface area contributed by atoms with Crippen molar-refractivity contribution in [3.8, 4) is 69.3 Å². The first-order chi connectivity index (χ1) is 64.3. The Morgan fingerprint density at radius 1 is 0.431 bits per heavy atom. The molecule has 0 aliphatic rings. The second kappa shape index (κ2) is 54.2. The Morgan fingerprint density at radius 2 is 0.774 bits per heavy atom. The number of halogens is 6. The highest BCUT2D eigenvalue weighted by atomic mass is 35.5. The molecule has 16 rings (SSSR count). The minimum atomic E-state index is -1.04. The number of esters is 4. The van der Waals surface area contributed by atoms with Gasteiger partial charge in [-0.25, -0.2) is 75.8 Å². The summed E-state index contributed by atoms with van der Waals surface area (Å²) in [6, 6.07) is 54.0. The normalized spacial score (nSPS) is 10.1. The zero-order chi connectivity index (χ0) is 95.5. The zero-order valence-corrected chi connectivity index (χ0v) is 73.8. The highest BCUT2D eigenvalue weighted by Crippen LogP contribution is 2.32. The molecule has 31 nitrogen and oxygen atoms in total. The van der Waals surface area contributed by atoms with Gasteiger partial charge in [0.2, 0.25) is 17.6 Å². The molecular weight excluding hydrogens is 1800 g/mol. The van der Waals surface area contributed by atoms with Crippen LogP contribution in [-0.4, -0.2) is 162 Å². The third-order valence-electron chi connectivity index (χ3n) is 18.8. The van der Waals surface area contributed by atoms with Gasteiger partial charge in [0.05, 0.1) is 131 Å². The van der Waals surface area contributed by atoms with Crippen LogP contribution in [0.1, 0.15) is 135 Å². The third-order valence-corrected chi connectivity index (χ3v) is 18.8. The second-order valence-corrected chi connectivity index (χ2v) is 27.7. The van der Waals surface area contributed by atoms with E-state index in [1.165, 1.54) is 162 Å². The molecule has 37 heteroatoms. The summed E-state index contributed by atoms with van der Waals surface area (Å²) in [5.74, 6) is -0.319. The largest absolute Gasteiger partial charge is 0.478 e. The number of benzene rings is 10. The number of carbonyl (C=O) groups is 6. The number of fused-ring (bicyclic) bond motifs is 4. The number of carboxylic acids is 1. The number of amides is 1. The number of nitrogens with one attached hydrogen (secondary N) is 4. The van der Waals surface area contributed by atoms with Gasteiger partial charge in [0.15, 0.2) is 17.5 Å². The Labute approximate surface area is 790 Å². The minimum absolute atomic E-state index is 0. The molecule has 1 amide bonds. The maximum absolute atomic E-state index is 13.3. The van der Waals surface area contributed by atoms with Crippen LogP contribution in [0.15, 0.2) is 242 Å². The van der Waals surface area contributed by atoms with Gasteiger partial charge in [-0.1, -0.05) is 22.3 Å². The molecule has 0 unspecified atom stereocenters. The number of aromatic amines is 3. The van der Waals surface area contributed by atoms with Gasteiger partial charge < -0.3 is 70.0 Å². The smallest absolute Gasteiger partial charge is 0.339 e. The van der Waals surface area contributed by atoms with Crippen molar-refractivity contribution in [2.45, 2.75) is 68.7 Å². The number of nitrogens with zero attached hydrogens (tertiary/aromatic N) is 10. The molecule has 712 valence electrons. The highest BCUT2D eigenvalue weighted by molar-refractivity contribution is 6.01. The van der Waals surface area contributed by atoms with Gasteiger partial charge in [0, 0.05) is 77.7 Å². The van der Waals surface area contributed by atoms with Crippen LogP contribution >= 0.6 is 12.4 Å². The van der Waals surface area contributed by atoms with Gasteiger partial charge in [-0.2, -0.15) is 20.2 Å². The fourth-order valence-corrected chi connectivity index (χ4v) is 12.2. The lowest BCUT2D eigenvalue weighted by Gasteiger charge is -2.11. The summed E-state index contributed by atoms with van der Waals surface area (Å²) in [5.41, 5.74) is 17.5. The van der Waals surface area contributed by atoms with Gasteiger partial charge in [-0.15, -0.1) is 12.4 Å². The van der Waals surface area contributed by atoms with Crippen molar-refractivity contribution in [2.75, 3.05) is 67.1 Å². The quantitative estimate of drug-likeness (QED) is 0.0103. The standard InChI is InChI=1S/C23H22FN5O2.C18H15FN2O3.C17H13FN2O3.C16H11FN2O3.C10H11NO4.C7H4FN.C6H11N3.3CH4.ClH/c1-2-31-23-18-10-7-16(22(30)27-11-3-4-20-25-12-13-26-20)14-19(18)28-21(29-23)15-5-8-17(24)9-6-15;1-3-24-17-14-9-6-12(18(22)23-2)10-15(14)20-16(21-17)11-4-7-13(19)8-5-11;1-2-23-16-13-8-5-11(17(21)22)9-14(13)19-15(20-16)10-3-6-12(18)7-4-10;1-22-16(21)10-4-7-12-13(8-10)18-14(19-15(12)20)9-2-5-11(17)6-3-9;1-14-9(12)6-3-4-7(8(11)5-6)10(13)15-2;8-7-3-1-6(5-9)2-4-7;7-3-1-2-6-8-4-5-9-6;;;;/h5-10,12-14H,2-4,11H2,1H3,(H,25,26)(H,27,30);4-10H,3H2,1-2H3;3-9H,2H2,1H3,(H,21,22);2-8H,1H3,(H,18,19,20);3-5H,11H2,1-2H3;1-4H;4-5H,1-3,7H2,(H,8,9);3*1H4;1H. The van der Waals surface area contributed by atoms with E-state index in [0.717, 1.165) is 43.9 Å². The molecule has 137 heavy (non-hydrogen) atoms. The van der Waals surface area contributed by atoms with Crippen molar-refractivity contribution in [3.05, 3.63) is 327 Å². The van der Waals surface area contributed by atoms with Gasteiger partial charge in [0.25, 0.3) is 11.5 Å². The molecule has 9 N–H and O–H groups in total. The monoisotopic (exact) mass is 1890 g/mol. The van der Waals surface area contributed by atoms with Crippen LogP contribution in [0.2, 0.25) is 0 Å². The molecular formula is C100H100ClF5N16O15. The van der Waals surface area contributed by atoms with Crippen LogP contribution in [-0.2, 0) is 31.8 Å². The molecule has 0 aliphatic heterocycles. The van der Waals surface area contributed by atoms with Crippen molar-refractivity contribution in [1.82, 2.24) is 65.1 Å². The molecule has 6 heterocycles. The number of aromatic carboxylic acids is 1. The van der Waals surface area contributed by atoms with Crippen LogP contribution in [0.3, 0.4) is 0 Å². The highest BCUT2D eigenvalue weighted by Gasteiger charge is 2.20. The van der Waals surface area contributed by atoms with E-state index in [1.54, 1.807) is 97.5 Å². The number of nitrogens with two attached hydrogens (primary N) is 2. The van der Waals surface area contributed by atoms with E-state index >= 15 is 0 Å². The van der Waals surface area contributed by atoms with E-state index in [1.807, 2.05) is 33.0 Å². The van der Waals surface area contributed by atoms with Gasteiger partial charge in [0.1, 0.15) is 46.6 Å². The summed E-state index contributed by atoms with van der Waals surface area (Å²) in [5, 5.41) is 22.7. The molecule has 0 aliphatic carbocycles. The van der Waals surface area contributed by atoms with E-state index in [4.69, 9.17) is 40.8 Å². The van der Waals surface area contributed by atoms with Crippen molar-refractivity contribution in [3.63, 3.8) is 0 Å².